The van der Waals surface area contributed by atoms with E-state index in [1.165, 1.54) is 0 Å². The number of carbonyl (C=O) groups is 2. The van der Waals surface area contributed by atoms with Gasteiger partial charge in [0, 0.05) is 38.5 Å². The van der Waals surface area contributed by atoms with Crippen molar-refractivity contribution in [3.8, 4) is 5.75 Å². The summed E-state index contributed by atoms with van der Waals surface area (Å²) in [4.78, 5) is 25.5. The number of rotatable bonds is 5. The third kappa shape index (κ3) is 3.10. The van der Waals surface area contributed by atoms with Gasteiger partial charge in [0.05, 0.1) is 5.56 Å². The fourth-order valence-corrected chi connectivity index (χ4v) is 5.21. The summed E-state index contributed by atoms with van der Waals surface area (Å²) in [5.41, 5.74) is -0.285. The molecule has 0 aromatic heterocycles. The number of nitrogens with one attached hydrogen (secondary N) is 2. The summed E-state index contributed by atoms with van der Waals surface area (Å²) >= 11 is 0. The highest BCUT2D eigenvalue weighted by molar-refractivity contribution is 5.98. The lowest BCUT2D eigenvalue weighted by atomic mass is 9.52. The second kappa shape index (κ2) is 6.82. The Kier molecular flexibility index (Phi) is 4.62. The van der Waals surface area contributed by atoms with Gasteiger partial charge in [-0.3, -0.25) is 9.59 Å². The number of ether oxygens (including phenoxy) is 2. The normalized spacial score (nSPS) is 33.9. The average molecular weight is 372 g/mol. The molecule has 4 atom stereocenters. The number of amides is 2. The summed E-state index contributed by atoms with van der Waals surface area (Å²) in [6, 6.07) is 7.39. The van der Waals surface area contributed by atoms with E-state index in [0.29, 0.717) is 30.9 Å². The Morgan fingerprint density at radius 2 is 2.22 bits per heavy atom. The topological polar surface area (TPSA) is 76.7 Å². The van der Waals surface area contributed by atoms with Crippen LogP contribution in [0.4, 0.5) is 0 Å². The number of para-hydroxylation sites is 1. The van der Waals surface area contributed by atoms with Crippen molar-refractivity contribution in [2.24, 2.45) is 17.3 Å². The van der Waals surface area contributed by atoms with E-state index in [2.05, 4.69) is 17.6 Å². The van der Waals surface area contributed by atoms with Crippen LogP contribution >= 0.6 is 0 Å². The highest BCUT2D eigenvalue weighted by Crippen LogP contribution is 2.58. The molecule has 1 aromatic rings. The van der Waals surface area contributed by atoms with Crippen LogP contribution in [0.3, 0.4) is 0 Å². The monoisotopic (exact) mass is 372 g/mol. The van der Waals surface area contributed by atoms with Gasteiger partial charge in [-0.2, -0.15) is 0 Å². The van der Waals surface area contributed by atoms with E-state index in [4.69, 9.17) is 9.47 Å². The molecule has 3 fully saturated rings. The van der Waals surface area contributed by atoms with Crippen LogP contribution in [0.2, 0.25) is 0 Å². The van der Waals surface area contributed by atoms with E-state index in [0.717, 1.165) is 25.7 Å². The van der Waals surface area contributed by atoms with Gasteiger partial charge >= 0.3 is 0 Å². The van der Waals surface area contributed by atoms with Gasteiger partial charge in [-0.25, -0.2) is 0 Å². The van der Waals surface area contributed by atoms with Crippen LogP contribution in [0.15, 0.2) is 24.3 Å². The Bertz CT molecular complexity index is 751. The molecule has 0 unspecified atom stereocenters. The predicted molar refractivity (Wildman–Crippen MR) is 100 cm³/mol. The molecule has 0 saturated heterocycles. The molecule has 2 N–H and O–H groups in total. The fraction of sp³-hybridized carbons (Fsp3) is 0.619. The van der Waals surface area contributed by atoms with Crippen LogP contribution in [0.25, 0.3) is 0 Å². The van der Waals surface area contributed by atoms with Crippen LogP contribution < -0.4 is 15.4 Å². The van der Waals surface area contributed by atoms with E-state index >= 15 is 0 Å². The SMILES string of the molecule is COCCCNC(=O)[C@H]1C[C@@H]2CC[C@@]1(C)C[C@@]21NC(=O)c2ccccc2O1. The molecule has 27 heavy (non-hydrogen) atoms. The standard InChI is InChI=1S/C21H28N2O4/c1-20-9-8-14(12-16(20)19(25)22-10-5-11-26-2)21(13-20)23-18(24)15-6-3-4-7-17(15)27-21/h3-4,6-7,14,16H,5,8-13H2,1-2H3,(H,22,25)(H,23,24)/t14-,16+,20-,21-/m0/s1. The minimum absolute atomic E-state index is 0.0397. The van der Waals surface area contributed by atoms with Crippen molar-refractivity contribution in [3.05, 3.63) is 29.8 Å². The van der Waals surface area contributed by atoms with Crippen LogP contribution in [0.1, 0.15) is 49.4 Å². The maximum atomic E-state index is 12.8. The zero-order valence-corrected chi connectivity index (χ0v) is 16.0. The van der Waals surface area contributed by atoms with Crippen molar-refractivity contribution in [1.82, 2.24) is 10.6 Å². The van der Waals surface area contributed by atoms with Crippen molar-refractivity contribution >= 4 is 11.8 Å². The summed E-state index contributed by atoms with van der Waals surface area (Å²) < 4.78 is 11.4. The first kappa shape index (κ1) is 18.3. The second-order valence-corrected chi connectivity index (χ2v) is 8.43. The van der Waals surface area contributed by atoms with Crippen molar-refractivity contribution in [1.29, 1.82) is 0 Å². The minimum atomic E-state index is -0.689. The first-order valence-corrected chi connectivity index (χ1v) is 9.85. The number of hydrogen-bond donors (Lipinski definition) is 2. The van der Waals surface area contributed by atoms with Crippen molar-refractivity contribution in [2.45, 2.75) is 44.8 Å². The number of benzene rings is 1. The molecular formula is C21H28N2O4. The van der Waals surface area contributed by atoms with Crippen LogP contribution in [-0.2, 0) is 9.53 Å². The van der Waals surface area contributed by atoms with Gasteiger partial charge in [-0.15, -0.1) is 0 Å². The van der Waals surface area contributed by atoms with E-state index in [1.54, 1.807) is 13.2 Å². The summed E-state index contributed by atoms with van der Waals surface area (Å²) in [6.45, 7) is 3.45. The average Bonchev–Trinajstić information content (AvgIpc) is 2.64. The lowest BCUT2D eigenvalue weighted by Gasteiger charge is -2.59. The minimum Gasteiger partial charge on any atom is -0.467 e. The molecule has 1 aromatic carbocycles. The number of carbonyl (C=O) groups excluding carboxylic acids is 2. The lowest BCUT2D eigenvalue weighted by Crippen LogP contribution is -2.69. The molecule has 4 aliphatic rings. The van der Waals surface area contributed by atoms with Gasteiger partial charge in [0.15, 0.2) is 5.72 Å². The molecular weight excluding hydrogens is 344 g/mol. The van der Waals surface area contributed by atoms with Gasteiger partial charge in [-0.05, 0) is 43.2 Å². The zero-order valence-electron chi connectivity index (χ0n) is 16.0. The van der Waals surface area contributed by atoms with E-state index in [1.807, 2.05) is 18.2 Å². The molecule has 1 spiro atoms. The maximum absolute atomic E-state index is 12.8. The van der Waals surface area contributed by atoms with Crippen molar-refractivity contribution in [2.75, 3.05) is 20.3 Å². The number of hydrogen-bond acceptors (Lipinski definition) is 4. The largest absolute Gasteiger partial charge is 0.467 e. The van der Waals surface area contributed by atoms with E-state index < -0.39 is 5.72 Å². The van der Waals surface area contributed by atoms with E-state index in [-0.39, 0.29) is 29.1 Å². The van der Waals surface area contributed by atoms with Gasteiger partial charge < -0.3 is 20.1 Å². The molecule has 1 aliphatic heterocycles. The molecule has 6 nitrogen and oxygen atoms in total. The predicted octanol–water partition coefficient (Wildman–Crippen LogP) is 2.48. The lowest BCUT2D eigenvalue weighted by molar-refractivity contribution is -0.167. The van der Waals surface area contributed by atoms with Crippen LogP contribution in [0.5, 0.6) is 5.75 Å². The molecule has 3 aliphatic carbocycles. The third-order valence-corrected chi connectivity index (χ3v) is 6.64. The summed E-state index contributed by atoms with van der Waals surface area (Å²) in [5.74, 6) is 0.802. The zero-order chi connectivity index (χ0) is 19.1. The third-order valence-electron chi connectivity index (χ3n) is 6.64. The Balaban J connectivity index is 1.51. The number of fused-ring (bicyclic) bond motifs is 3. The second-order valence-electron chi connectivity index (χ2n) is 8.43. The molecule has 6 heteroatoms. The van der Waals surface area contributed by atoms with Crippen LogP contribution in [-0.4, -0.2) is 37.8 Å². The first-order valence-electron chi connectivity index (χ1n) is 9.85. The molecule has 2 bridgehead atoms. The van der Waals surface area contributed by atoms with Crippen molar-refractivity contribution < 1.29 is 19.1 Å². The molecule has 5 rings (SSSR count). The van der Waals surface area contributed by atoms with Crippen molar-refractivity contribution in [3.63, 3.8) is 0 Å². The van der Waals surface area contributed by atoms with Crippen LogP contribution in [0, 0.1) is 17.3 Å². The Hall–Kier alpha value is -2.08. The first-order chi connectivity index (χ1) is 13.0. The highest BCUT2D eigenvalue weighted by atomic mass is 16.5. The van der Waals surface area contributed by atoms with Gasteiger partial charge in [0.1, 0.15) is 5.75 Å². The Morgan fingerprint density at radius 3 is 3.00 bits per heavy atom. The molecule has 0 radical (unpaired) electrons. The quantitative estimate of drug-likeness (QED) is 0.779. The van der Waals surface area contributed by atoms with Gasteiger partial charge in [0.25, 0.3) is 5.91 Å². The fourth-order valence-electron chi connectivity index (χ4n) is 5.21. The van der Waals surface area contributed by atoms with Gasteiger partial charge in [-0.1, -0.05) is 19.1 Å². The molecule has 3 saturated carbocycles. The Labute approximate surface area is 160 Å². The molecule has 2 amide bonds. The van der Waals surface area contributed by atoms with Gasteiger partial charge in [0.2, 0.25) is 5.91 Å². The summed E-state index contributed by atoms with van der Waals surface area (Å²) in [6.07, 6.45) is 4.17. The smallest absolute Gasteiger partial charge is 0.258 e. The Morgan fingerprint density at radius 1 is 1.41 bits per heavy atom. The highest BCUT2D eigenvalue weighted by Gasteiger charge is 2.61. The maximum Gasteiger partial charge on any atom is 0.258 e. The number of methoxy groups -OCH3 is 1. The molecule has 1 heterocycles. The molecule has 146 valence electrons. The van der Waals surface area contributed by atoms with E-state index in [9.17, 15) is 9.59 Å². The summed E-state index contributed by atoms with van der Waals surface area (Å²) in [5, 5.41) is 6.22. The summed E-state index contributed by atoms with van der Waals surface area (Å²) in [7, 11) is 1.67.